The van der Waals surface area contributed by atoms with Gasteiger partial charge in [0.25, 0.3) is 11.6 Å². The van der Waals surface area contributed by atoms with E-state index in [-0.39, 0.29) is 11.3 Å². The van der Waals surface area contributed by atoms with Crippen LogP contribution < -0.4 is 9.47 Å². The molecule has 0 unspecified atom stereocenters. The number of carbonyl (C=O) groups is 1. The summed E-state index contributed by atoms with van der Waals surface area (Å²) in [4.78, 5) is 24.8. The molecule has 2 aromatic carbocycles. The highest BCUT2D eigenvalue weighted by molar-refractivity contribution is 6.30. The first-order valence-corrected chi connectivity index (χ1v) is 8.37. The zero-order valence-electron chi connectivity index (χ0n) is 15.2. The van der Waals surface area contributed by atoms with Crippen LogP contribution in [0.25, 0.3) is 0 Å². The van der Waals surface area contributed by atoms with Crippen molar-refractivity contribution < 1.29 is 28.0 Å². The van der Waals surface area contributed by atoms with Gasteiger partial charge in [0.1, 0.15) is 5.56 Å². The van der Waals surface area contributed by atoms with Gasteiger partial charge in [-0.3, -0.25) is 14.9 Å². The molecule has 0 radical (unpaired) electrons. The van der Waals surface area contributed by atoms with Crippen molar-refractivity contribution in [2.45, 2.75) is 19.6 Å². The maximum atomic E-state index is 12.9. The third-order valence-electron chi connectivity index (χ3n) is 4.18. The number of benzene rings is 2. The zero-order chi connectivity index (χ0) is 21.0. The minimum absolute atomic E-state index is 0.221. The standard InChI is InChI=1S/C18H17ClF2N2O5/c1-10(11-4-6-12(19)7-5-11)22(2)17(24)13-8-15(27-3)16(28-18(20)21)9-14(13)23(25)26/h4-10,18H,1-3H3/t10-/m0/s1. The van der Waals surface area contributed by atoms with Crippen LogP contribution in [0.5, 0.6) is 11.5 Å². The second kappa shape index (κ2) is 8.83. The number of hydrogen-bond donors (Lipinski definition) is 0. The summed E-state index contributed by atoms with van der Waals surface area (Å²) < 4.78 is 34.3. The number of ether oxygens (including phenoxy) is 2. The molecule has 1 atom stereocenters. The zero-order valence-corrected chi connectivity index (χ0v) is 15.9. The van der Waals surface area contributed by atoms with Crippen LogP contribution in [0.2, 0.25) is 5.02 Å². The molecule has 2 aromatic rings. The van der Waals surface area contributed by atoms with Crippen molar-refractivity contribution in [2.24, 2.45) is 0 Å². The Morgan fingerprint density at radius 3 is 2.32 bits per heavy atom. The molecule has 0 aliphatic heterocycles. The average molecular weight is 415 g/mol. The van der Waals surface area contributed by atoms with Gasteiger partial charge in [-0.2, -0.15) is 8.78 Å². The first-order chi connectivity index (χ1) is 13.1. The summed E-state index contributed by atoms with van der Waals surface area (Å²) in [6, 6.07) is 8.10. The van der Waals surface area contributed by atoms with E-state index in [0.717, 1.165) is 17.7 Å². The van der Waals surface area contributed by atoms with Crippen LogP contribution in [0.3, 0.4) is 0 Å². The molecule has 10 heteroatoms. The molecule has 0 aliphatic rings. The van der Waals surface area contributed by atoms with Gasteiger partial charge in [-0.05, 0) is 24.6 Å². The Morgan fingerprint density at radius 2 is 1.82 bits per heavy atom. The molecule has 28 heavy (non-hydrogen) atoms. The van der Waals surface area contributed by atoms with Crippen molar-refractivity contribution in [3.8, 4) is 11.5 Å². The van der Waals surface area contributed by atoms with Crippen molar-refractivity contribution >= 4 is 23.2 Å². The van der Waals surface area contributed by atoms with Crippen LogP contribution in [0, 0.1) is 10.1 Å². The summed E-state index contributed by atoms with van der Waals surface area (Å²) in [5.74, 6) is -1.44. The summed E-state index contributed by atoms with van der Waals surface area (Å²) in [6.45, 7) is -1.47. The van der Waals surface area contributed by atoms with E-state index in [1.54, 1.807) is 31.2 Å². The highest BCUT2D eigenvalue weighted by Crippen LogP contribution is 2.37. The Labute approximate surface area is 164 Å². The number of halogens is 3. The normalized spacial score (nSPS) is 11.8. The Balaban J connectivity index is 2.44. The fourth-order valence-electron chi connectivity index (χ4n) is 2.55. The monoisotopic (exact) mass is 414 g/mol. The first-order valence-electron chi connectivity index (χ1n) is 7.99. The van der Waals surface area contributed by atoms with E-state index in [0.29, 0.717) is 5.02 Å². The maximum Gasteiger partial charge on any atom is 0.387 e. The van der Waals surface area contributed by atoms with E-state index in [2.05, 4.69) is 4.74 Å². The van der Waals surface area contributed by atoms with E-state index in [1.165, 1.54) is 19.1 Å². The number of alkyl halides is 2. The van der Waals surface area contributed by atoms with Crippen molar-refractivity contribution in [3.63, 3.8) is 0 Å². The highest BCUT2D eigenvalue weighted by atomic mass is 35.5. The lowest BCUT2D eigenvalue weighted by Crippen LogP contribution is -2.30. The van der Waals surface area contributed by atoms with Crippen LogP contribution in [-0.2, 0) is 0 Å². The summed E-state index contributed by atoms with van der Waals surface area (Å²) in [5.41, 5.74) is -0.226. The number of rotatable bonds is 7. The fourth-order valence-corrected chi connectivity index (χ4v) is 2.68. The summed E-state index contributed by atoms with van der Waals surface area (Å²) in [6.07, 6.45) is 0. The Kier molecular flexibility index (Phi) is 6.74. The van der Waals surface area contributed by atoms with Crippen LogP contribution in [0.4, 0.5) is 14.5 Å². The molecule has 0 spiro atoms. The Bertz CT molecular complexity index is 877. The lowest BCUT2D eigenvalue weighted by atomic mass is 10.1. The number of amides is 1. The Morgan fingerprint density at radius 1 is 1.21 bits per heavy atom. The van der Waals surface area contributed by atoms with Gasteiger partial charge in [0, 0.05) is 18.1 Å². The topological polar surface area (TPSA) is 81.9 Å². The lowest BCUT2D eigenvalue weighted by Gasteiger charge is -2.25. The minimum atomic E-state index is -3.21. The number of nitrogens with zero attached hydrogens (tertiary/aromatic N) is 2. The molecule has 0 N–H and O–H groups in total. The third kappa shape index (κ3) is 4.66. The molecule has 0 heterocycles. The fraction of sp³-hybridized carbons (Fsp3) is 0.278. The van der Waals surface area contributed by atoms with Crippen LogP contribution >= 0.6 is 11.6 Å². The number of carbonyl (C=O) groups excluding carboxylic acids is 1. The van der Waals surface area contributed by atoms with Crippen molar-refractivity contribution in [1.82, 2.24) is 4.90 Å². The molecule has 1 amide bonds. The molecule has 150 valence electrons. The van der Waals surface area contributed by atoms with Crippen LogP contribution in [-0.4, -0.2) is 36.5 Å². The predicted octanol–water partition coefficient (Wildman–Crippen LogP) is 4.69. The molecular formula is C18H17ClF2N2O5. The van der Waals surface area contributed by atoms with E-state index < -0.39 is 34.9 Å². The van der Waals surface area contributed by atoms with Gasteiger partial charge >= 0.3 is 6.61 Å². The molecular weight excluding hydrogens is 398 g/mol. The largest absolute Gasteiger partial charge is 0.493 e. The maximum absolute atomic E-state index is 12.9. The van der Waals surface area contributed by atoms with E-state index in [4.69, 9.17) is 16.3 Å². The van der Waals surface area contributed by atoms with E-state index in [9.17, 15) is 23.7 Å². The van der Waals surface area contributed by atoms with Gasteiger partial charge in [0.2, 0.25) is 0 Å². The lowest BCUT2D eigenvalue weighted by molar-refractivity contribution is -0.385. The van der Waals surface area contributed by atoms with E-state index in [1.807, 2.05) is 0 Å². The average Bonchev–Trinajstić information content (AvgIpc) is 2.66. The van der Waals surface area contributed by atoms with Gasteiger partial charge in [-0.15, -0.1) is 0 Å². The summed E-state index contributed by atoms with van der Waals surface area (Å²) in [7, 11) is 2.65. The minimum Gasteiger partial charge on any atom is -0.493 e. The second-order valence-corrected chi connectivity index (χ2v) is 6.24. The van der Waals surface area contributed by atoms with Crippen LogP contribution in [0.15, 0.2) is 36.4 Å². The molecule has 0 fully saturated rings. The SMILES string of the molecule is COc1cc(C(=O)N(C)[C@@H](C)c2ccc(Cl)cc2)c([N+](=O)[O-])cc1OC(F)F. The van der Waals surface area contributed by atoms with Crippen LogP contribution in [0.1, 0.15) is 28.9 Å². The van der Waals surface area contributed by atoms with Gasteiger partial charge in [0.05, 0.1) is 24.1 Å². The third-order valence-corrected chi connectivity index (χ3v) is 4.43. The number of methoxy groups -OCH3 is 1. The van der Waals surface area contributed by atoms with Gasteiger partial charge in [0.15, 0.2) is 11.5 Å². The summed E-state index contributed by atoms with van der Waals surface area (Å²) in [5, 5.41) is 11.9. The summed E-state index contributed by atoms with van der Waals surface area (Å²) >= 11 is 5.86. The van der Waals surface area contributed by atoms with Gasteiger partial charge in [-0.25, -0.2) is 0 Å². The van der Waals surface area contributed by atoms with E-state index >= 15 is 0 Å². The smallest absolute Gasteiger partial charge is 0.387 e. The molecule has 0 bridgehead atoms. The van der Waals surface area contributed by atoms with Crippen molar-refractivity contribution in [1.29, 1.82) is 0 Å². The van der Waals surface area contributed by atoms with Gasteiger partial charge < -0.3 is 14.4 Å². The molecule has 0 aliphatic carbocycles. The molecule has 0 saturated heterocycles. The number of nitro groups is 1. The first kappa shape index (κ1) is 21.4. The van der Waals surface area contributed by atoms with Crippen molar-refractivity contribution in [3.05, 3.63) is 62.7 Å². The van der Waals surface area contributed by atoms with Gasteiger partial charge in [-0.1, -0.05) is 23.7 Å². The molecule has 0 saturated carbocycles. The predicted molar refractivity (Wildman–Crippen MR) is 98.2 cm³/mol. The molecule has 7 nitrogen and oxygen atoms in total. The second-order valence-electron chi connectivity index (χ2n) is 5.80. The number of nitro benzene ring substituents is 1. The molecule has 2 rings (SSSR count). The quantitative estimate of drug-likeness (QED) is 0.485. The molecule has 0 aromatic heterocycles. The van der Waals surface area contributed by atoms with Crippen molar-refractivity contribution in [2.75, 3.05) is 14.2 Å². The highest BCUT2D eigenvalue weighted by Gasteiger charge is 2.29. The Hall–Kier alpha value is -2.94. The number of hydrogen-bond acceptors (Lipinski definition) is 5.